The van der Waals surface area contributed by atoms with Gasteiger partial charge in [-0.2, -0.15) is 15.5 Å². The van der Waals surface area contributed by atoms with Gasteiger partial charge in [-0.05, 0) is 72.0 Å². The number of halogens is 1. The summed E-state index contributed by atoms with van der Waals surface area (Å²) in [5.41, 5.74) is 5.30. The number of nitriles is 2. The zero-order chi connectivity index (χ0) is 20.2. The molecule has 2 aromatic carbocycles. The van der Waals surface area contributed by atoms with Gasteiger partial charge in [0, 0.05) is 18.0 Å². The maximum atomic E-state index is 8.98. The molecular formula is C22H15ClN6. The van der Waals surface area contributed by atoms with Crippen LogP contribution in [-0.4, -0.2) is 9.97 Å². The highest BCUT2D eigenvalue weighted by molar-refractivity contribution is 6.33. The van der Waals surface area contributed by atoms with Crippen LogP contribution >= 0.6 is 11.6 Å². The van der Waals surface area contributed by atoms with Gasteiger partial charge in [0.05, 0.1) is 28.4 Å². The van der Waals surface area contributed by atoms with Gasteiger partial charge < -0.3 is 10.6 Å². The van der Waals surface area contributed by atoms with E-state index in [2.05, 4.69) is 32.7 Å². The Morgan fingerprint density at radius 2 is 1.86 bits per heavy atom. The van der Waals surface area contributed by atoms with Gasteiger partial charge in [-0.3, -0.25) is 0 Å². The Labute approximate surface area is 173 Å². The van der Waals surface area contributed by atoms with Crippen LogP contribution in [0, 0.1) is 22.7 Å². The molecule has 6 nitrogen and oxygen atoms in total. The monoisotopic (exact) mass is 398 g/mol. The van der Waals surface area contributed by atoms with Gasteiger partial charge in [0.15, 0.2) is 0 Å². The minimum atomic E-state index is 0.419. The molecule has 0 saturated carbocycles. The lowest BCUT2D eigenvalue weighted by molar-refractivity contribution is 1.08. The first-order valence-electron chi connectivity index (χ1n) is 8.95. The van der Waals surface area contributed by atoms with E-state index in [1.54, 1.807) is 42.6 Å². The molecule has 0 radical (unpaired) electrons. The number of nitrogens with one attached hydrogen (secondary N) is 2. The van der Waals surface area contributed by atoms with Gasteiger partial charge in [-0.15, -0.1) is 0 Å². The summed E-state index contributed by atoms with van der Waals surface area (Å²) in [7, 11) is 0. The molecule has 0 atom stereocenters. The number of nitrogens with zero attached hydrogens (tertiary/aromatic N) is 4. The van der Waals surface area contributed by atoms with Crippen LogP contribution in [0.5, 0.6) is 0 Å². The van der Waals surface area contributed by atoms with Crippen LogP contribution < -0.4 is 10.6 Å². The quantitative estimate of drug-likeness (QED) is 0.575. The number of rotatable bonds is 4. The van der Waals surface area contributed by atoms with Crippen molar-refractivity contribution < 1.29 is 0 Å². The fraction of sp³-hybridized carbons (Fsp3) is 0.0909. The van der Waals surface area contributed by atoms with E-state index in [0.717, 1.165) is 40.9 Å². The SMILES string of the molecule is N#C/C=C1/CCc2cc(Cl)c(Nc3ccnc(Nc4ccc(C#N)cc4)n3)cc21. The summed E-state index contributed by atoms with van der Waals surface area (Å²) in [6.45, 7) is 0. The van der Waals surface area contributed by atoms with Crippen molar-refractivity contribution >= 4 is 40.3 Å². The van der Waals surface area contributed by atoms with Gasteiger partial charge in [-0.1, -0.05) is 11.6 Å². The highest BCUT2D eigenvalue weighted by Crippen LogP contribution is 2.38. The molecule has 0 unspecified atom stereocenters. The van der Waals surface area contributed by atoms with Crippen LogP contribution in [0.2, 0.25) is 5.02 Å². The highest BCUT2D eigenvalue weighted by atomic mass is 35.5. The molecule has 1 heterocycles. The Balaban J connectivity index is 1.57. The number of hydrogen-bond acceptors (Lipinski definition) is 6. The van der Waals surface area contributed by atoms with Crippen molar-refractivity contribution in [1.82, 2.24) is 9.97 Å². The Bertz CT molecular complexity index is 1190. The first kappa shape index (κ1) is 18.5. The molecule has 4 rings (SSSR count). The van der Waals surface area contributed by atoms with Crippen LogP contribution in [0.3, 0.4) is 0 Å². The maximum Gasteiger partial charge on any atom is 0.229 e. The molecule has 1 aromatic heterocycles. The second-order valence-electron chi connectivity index (χ2n) is 6.49. The van der Waals surface area contributed by atoms with Crippen molar-refractivity contribution in [3.05, 3.63) is 76.5 Å². The molecule has 0 aliphatic heterocycles. The van der Waals surface area contributed by atoms with Crippen LogP contribution in [0.1, 0.15) is 23.1 Å². The molecular weight excluding hydrogens is 384 g/mol. The predicted molar refractivity (Wildman–Crippen MR) is 113 cm³/mol. The number of aryl methyl sites for hydroxylation is 1. The number of benzene rings is 2. The second-order valence-corrected chi connectivity index (χ2v) is 6.90. The predicted octanol–water partition coefficient (Wildman–Crippen LogP) is 5.34. The third-order valence-electron chi connectivity index (χ3n) is 4.63. The first-order valence-corrected chi connectivity index (χ1v) is 9.33. The van der Waals surface area contributed by atoms with E-state index in [0.29, 0.717) is 22.4 Å². The zero-order valence-electron chi connectivity index (χ0n) is 15.3. The Morgan fingerprint density at radius 1 is 1.03 bits per heavy atom. The summed E-state index contributed by atoms with van der Waals surface area (Å²) >= 11 is 6.45. The molecule has 0 bridgehead atoms. The number of aromatic nitrogens is 2. The van der Waals surface area contributed by atoms with Crippen molar-refractivity contribution in [3.8, 4) is 12.1 Å². The van der Waals surface area contributed by atoms with E-state index in [4.69, 9.17) is 22.1 Å². The summed E-state index contributed by atoms with van der Waals surface area (Å²) in [4.78, 5) is 8.70. The fourth-order valence-electron chi connectivity index (χ4n) is 3.23. The van der Waals surface area contributed by atoms with E-state index >= 15 is 0 Å². The van der Waals surface area contributed by atoms with Crippen LogP contribution in [-0.2, 0) is 6.42 Å². The largest absolute Gasteiger partial charge is 0.339 e. The van der Waals surface area contributed by atoms with E-state index in [9.17, 15) is 0 Å². The van der Waals surface area contributed by atoms with Gasteiger partial charge in [0.2, 0.25) is 5.95 Å². The maximum absolute atomic E-state index is 8.98. The third kappa shape index (κ3) is 4.03. The second kappa shape index (κ2) is 8.02. The average molecular weight is 399 g/mol. The van der Waals surface area contributed by atoms with Gasteiger partial charge in [0.1, 0.15) is 5.82 Å². The summed E-state index contributed by atoms with van der Waals surface area (Å²) in [5, 5.41) is 24.8. The topological polar surface area (TPSA) is 97.4 Å². The summed E-state index contributed by atoms with van der Waals surface area (Å²) in [6.07, 6.45) is 4.96. The molecule has 1 aliphatic carbocycles. The number of anilines is 4. The lowest BCUT2D eigenvalue weighted by atomic mass is 10.1. The molecule has 2 N–H and O–H groups in total. The minimum Gasteiger partial charge on any atom is -0.339 e. The van der Waals surface area contributed by atoms with Crippen LogP contribution in [0.15, 0.2) is 54.7 Å². The van der Waals surface area contributed by atoms with E-state index < -0.39 is 0 Å². The molecule has 7 heteroatoms. The number of hydrogen-bond donors (Lipinski definition) is 2. The smallest absolute Gasteiger partial charge is 0.229 e. The van der Waals surface area contributed by atoms with Crippen molar-refractivity contribution in [2.45, 2.75) is 12.8 Å². The Kier molecular flexibility index (Phi) is 5.11. The van der Waals surface area contributed by atoms with Gasteiger partial charge >= 0.3 is 0 Å². The van der Waals surface area contributed by atoms with Crippen LogP contribution in [0.4, 0.5) is 23.1 Å². The summed E-state index contributed by atoms with van der Waals surface area (Å²) in [5.74, 6) is 1.00. The van der Waals surface area contributed by atoms with Gasteiger partial charge in [0.25, 0.3) is 0 Å². The van der Waals surface area contributed by atoms with E-state index in [1.165, 1.54) is 0 Å². The van der Waals surface area contributed by atoms with Gasteiger partial charge in [-0.25, -0.2) is 4.98 Å². The Morgan fingerprint density at radius 3 is 2.62 bits per heavy atom. The number of fused-ring (bicyclic) bond motifs is 1. The molecule has 3 aromatic rings. The summed E-state index contributed by atoms with van der Waals surface area (Å²) < 4.78 is 0. The molecule has 0 fully saturated rings. The zero-order valence-corrected chi connectivity index (χ0v) is 16.0. The van der Waals surface area contributed by atoms with Crippen molar-refractivity contribution in [1.29, 1.82) is 10.5 Å². The number of allylic oxidation sites excluding steroid dienone is 2. The van der Waals surface area contributed by atoms with Crippen molar-refractivity contribution in [2.75, 3.05) is 10.6 Å². The van der Waals surface area contributed by atoms with Crippen LogP contribution in [0.25, 0.3) is 5.57 Å². The van der Waals surface area contributed by atoms with Crippen molar-refractivity contribution in [3.63, 3.8) is 0 Å². The molecule has 0 amide bonds. The Hall–Kier alpha value is -3.87. The summed E-state index contributed by atoms with van der Waals surface area (Å²) in [6, 6.07) is 16.9. The third-order valence-corrected chi connectivity index (χ3v) is 4.94. The first-order chi connectivity index (χ1) is 14.2. The molecule has 1 aliphatic rings. The normalized spacial score (nSPS) is 13.4. The lowest BCUT2D eigenvalue weighted by Crippen LogP contribution is -2.01. The highest BCUT2D eigenvalue weighted by Gasteiger charge is 2.19. The fourth-order valence-corrected chi connectivity index (χ4v) is 3.47. The standard InChI is InChI=1S/C22H15ClN6/c23-19-11-16-4-3-15(7-9-24)18(16)12-20(19)28-21-8-10-26-22(29-21)27-17-5-1-14(13-25)2-6-17/h1-2,5-8,10-12H,3-4H2,(H2,26,27,28,29)/b15-7-. The van der Waals surface area contributed by atoms with E-state index in [-0.39, 0.29) is 0 Å². The average Bonchev–Trinajstić information content (AvgIpc) is 3.11. The van der Waals surface area contributed by atoms with E-state index in [1.807, 2.05) is 12.1 Å². The minimum absolute atomic E-state index is 0.419. The molecule has 0 saturated heterocycles. The lowest BCUT2D eigenvalue weighted by Gasteiger charge is -2.12. The molecule has 140 valence electrons. The van der Waals surface area contributed by atoms with Crippen molar-refractivity contribution in [2.24, 2.45) is 0 Å². The molecule has 29 heavy (non-hydrogen) atoms. The molecule has 0 spiro atoms.